The van der Waals surface area contributed by atoms with Crippen molar-refractivity contribution in [3.05, 3.63) is 36.4 Å². The number of benzene rings is 1. The highest BCUT2D eigenvalue weighted by molar-refractivity contribution is 6.01. The lowest BCUT2D eigenvalue weighted by Crippen LogP contribution is -2.08. The minimum absolute atomic E-state index is 0.124. The average Bonchev–Trinajstić information content (AvgIpc) is 2.40. The van der Waals surface area contributed by atoms with Crippen LogP contribution in [0, 0.1) is 0 Å². The molecule has 0 aliphatic carbocycles. The lowest BCUT2D eigenvalue weighted by Gasteiger charge is -2.08. The summed E-state index contributed by atoms with van der Waals surface area (Å²) >= 11 is 0. The molecule has 1 aromatic carbocycles. The molecule has 4 N–H and O–H groups in total. The smallest absolute Gasteiger partial charge is 0.247 e. The van der Waals surface area contributed by atoms with Gasteiger partial charge in [-0.3, -0.25) is 4.79 Å². The van der Waals surface area contributed by atoms with Crippen molar-refractivity contribution in [1.29, 1.82) is 0 Å². The first-order valence-electron chi connectivity index (χ1n) is 5.57. The molecule has 6 heteroatoms. The molecule has 0 saturated carbocycles. The van der Waals surface area contributed by atoms with Gasteiger partial charge in [0.15, 0.2) is 0 Å². The summed E-state index contributed by atoms with van der Waals surface area (Å²) in [5.74, 6) is 0.0971. The number of hydrogen-bond acceptors (Lipinski definition) is 3. The quantitative estimate of drug-likeness (QED) is 0.432. The molecule has 1 aromatic rings. The van der Waals surface area contributed by atoms with Gasteiger partial charge in [-0.15, -0.1) is 0 Å². The van der Waals surface area contributed by atoms with E-state index in [1.54, 1.807) is 25.1 Å². The number of amidine groups is 1. The largest absolute Gasteiger partial charge is 0.392 e. The van der Waals surface area contributed by atoms with E-state index in [1.807, 2.05) is 0 Å². The molecule has 0 unspecified atom stereocenters. The fourth-order valence-electron chi connectivity index (χ4n) is 1.37. The van der Waals surface area contributed by atoms with Gasteiger partial charge in [-0.2, -0.15) is 0 Å². The fraction of sp³-hybridized carbons (Fsp3) is 0.154. The van der Waals surface area contributed by atoms with E-state index < -0.39 is 0 Å². The van der Waals surface area contributed by atoms with E-state index in [9.17, 15) is 4.79 Å². The molecule has 6 nitrogen and oxygen atoms in total. The van der Waals surface area contributed by atoms with Crippen LogP contribution >= 0.6 is 0 Å². The van der Waals surface area contributed by atoms with Gasteiger partial charge in [-0.05, 0) is 30.7 Å². The zero-order valence-corrected chi connectivity index (χ0v) is 10.6. The summed E-state index contributed by atoms with van der Waals surface area (Å²) in [4.78, 5) is 19.4. The van der Waals surface area contributed by atoms with Crippen molar-refractivity contribution in [2.24, 2.45) is 15.7 Å². The highest BCUT2D eigenvalue weighted by Crippen LogP contribution is 2.26. The third-order valence-electron chi connectivity index (χ3n) is 2.23. The summed E-state index contributed by atoms with van der Waals surface area (Å²) in [6.07, 6.45) is 2.30. The molecule has 0 spiro atoms. The molecule has 0 atom stereocenters. The number of nitrogens with one attached hydrogen (secondary N) is 1. The summed E-state index contributed by atoms with van der Waals surface area (Å²) in [6, 6.07) is 5.03. The van der Waals surface area contributed by atoms with Crippen LogP contribution in [0.15, 0.2) is 40.8 Å². The summed E-state index contributed by atoms with van der Waals surface area (Å²) < 4.78 is 0. The number of aliphatic hydroxyl groups is 1. The molecule has 19 heavy (non-hydrogen) atoms. The average molecular weight is 260 g/mol. The Labute approximate surface area is 111 Å². The Morgan fingerprint density at radius 1 is 1.58 bits per heavy atom. The molecule has 0 fully saturated rings. The second-order valence-corrected chi connectivity index (χ2v) is 3.64. The number of nitrogens with zero attached hydrogens (tertiary/aromatic N) is 2. The van der Waals surface area contributed by atoms with Crippen LogP contribution in [0.1, 0.15) is 12.5 Å². The number of amides is 1. The molecule has 0 aliphatic rings. The van der Waals surface area contributed by atoms with Gasteiger partial charge in [0.05, 0.1) is 24.3 Å². The maximum absolute atomic E-state index is 11.4. The molecule has 1 rings (SSSR count). The number of aliphatic hydroxyl groups excluding tert-OH is 1. The minimum atomic E-state index is -0.355. The van der Waals surface area contributed by atoms with Crippen LogP contribution in [-0.4, -0.2) is 23.2 Å². The van der Waals surface area contributed by atoms with E-state index in [0.29, 0.717) is 22.8 Å². The van der Waals surface area contributed by atoms with Crippen LogP contribution in [0.2, 0.25) is 0 Å². The van der Waals surface area contributed by atoms with Gasteiger partial charge in [0.25, 0.3) is 0 Å². The van der Waals surface area contributed by atoms with Gasteiger partial charge < -0.3 is 16.2 Å². The van der Waals surface area contributed by atoms with Crippen molar-refractivity contribution in [1.82, 2.24) is 0 Å². The summed E-state index contributed by atoms with van der Waals surface area (Å²) in [7, 11) is 0. The Morgan fingerprint density at radius 3 is 2.89 bits per heavy atom. The number of rotatable bonds is 4. The maximum Gasteiger partial charge on any atom is 0.247 e. The third kappa shape index (κ3) is 4.36. The fourth-order valence-corrected chi connectivity index (χ4v) is 1.37. The predicted octanol–water partition coefficient (Wildman–Crippen LogP) is 1.34. The van der Waals surface area contributed by atoms with E-state index in [-0.39, 0.29) is 12.5 Å². The van der Waals surface area contributed by atoms with Crippen LogP contribution in [0.3, 0.4) is 0 Å². The van der Waals surface area contributed by atoms with E-state index in [1.165, 1.54) is 0 Å². The Balaban J connectivity index is 3.18. The first-order valence-corrected chi connectivity index (χ1v) is 5.57. The number of carbonyl (C=O) groups is 1. The summed E-state index contributed by atoms with van der Waals surface area (Å²) in [5, 5.41) is 11.7. The number of aliphatic imine (C=N–C) groups is 2. The van der Waals surface area contributed by atoms with Crippen molar-refractivity contribution in [2.45, 2.75) is 13.5 Å². The second kappa shape index (κ2) is 7.07. The van der Waals surface area contributed by atoms with Gasteiger partial charge in [-0.25, -0.2) is 9.98 Å². The van der Waals surface area contributed by atoms with Crippen molar-refractivity contribution in [3.63, 3.8) is 0 Å². The Bertz CT molecular complexity index is 535. The zero-order chi connectivity index (χ0) is 14.3. The highest BCUT2D eigenvalue weighted by Gasteiger charge is 2.06. The topological polar surface area (TPSA) is 100 Å². The molecule has 0 radical (unpaired) electrons. The van der Waals surface area contributed by atoms with Crippen molar-refractivity contribution < 1.29 is 9.90 Å². The van der Waals surface area contributed by atoms with Crippen LogP contribution in [-0.2, 0) is 11.4 Å². The summed E-state index contributed by atoms with van der Waals surface area (Å²) in [6.45, 7) is 4.94. The van der Waals surface area contributed by atoms with Crippen LogP contribution in [0.5, 0.6) is 0 Å². The Morgan fingerprint density at radius 2 is 2.32 bits per heavy atom. The molecule has 0 heterocycles. The van der Waals surface area contributed by atoms with Crippen molar-refractivity contribution in [3.8, 4) is 0 Å². The Kier molecular flexibility index (Phi) is 5.43. The number of anilines is 1. The Hall–Kier alpha value is -2.47. The molecular weight excluding hydrogens is 244 g/mol. The SMILES string of the molecule is C=CC(=O)Nc1cc(CO)ccc1N=C(C)N=CN. The van der Waals surface area contributed by atoms with Gasteiger partial charge >= 0.3 is 0 Å². The minimum Gasteiger partial charge on any atom is -0.392 e. The van der Waals surface area contributed by atoms with E-state index >= 15 is 0 Å². The number of nitrogens with two attached hydrogens (primary N) is 1. The standard InChI is InChI=1S/C13H16N4O2/c1-3-13(19)17-12-6-10(7-18)4-5-11(12)16-9(2)15-8-14/h3-6,8,18H,1,7H2,2H3,(H,17,19)(H2,14,15,16). The molecule has 0 bridgehead atoms. The van der Waals surface area contributed by atoms with Crippen molar-refractivity contribution >= 4 is 29.5 Å². The lowest BCUT2D eigenvalue weighted by molar-refractivity contribution is -0.111. The van der Waals surface area contributed by atoms with Gasteiger partial charge in [0.1, 0.15) is 5.84 Å². The zero-order valence-electron chi connectivity index (χ0n) is 10.6. The molecular formula is C13H16N4O2. The lowest BCUT2D eigenvalue weighted by atomic mass is 10.2. The molecule has 0 saturated heterocycles. The van der Waals surface area contributed by atoms with E-state index in [4.69, 9.17) is 10.8 Å². The van der Waals surface area contributed by atoms with Crippen LogP contribution < -0.4 is 11.1 Å². The number of carbonyl (C=O) groups excluding carboxylic acids is 1. The second-order valence-electron chi connectivity index (χ2n) is 3.64. The maximum atomic E-state index is 11.4. The highest BCUT2D eigenvalue weighted by atomic mass is 16.3. The normalized spacial score (nSPS) is 11.6. The van der Waals surface area contributed by atoms with E-state index in [0.717, 1.165) is 12.4 Å². The molecule has 100 valence electrons. The summed E-state index contributed by atoms with van der Waals surface area (Å²) in [5.41, 5.74) is 6.84. The van der Waals surface area contributed by atoms with Crippen LogP contribution in [0.25, 0.3) is 0 Å². The van der Waals surface area contributed by atoms with Crippen molar-refractivity contribution in [2.75, 3.05) is 5.32 Å². The first kappa shape index (κ1) is 14.6. The van der Waals surface area contributed by atoms with Gasteiger partial charge in [-0.1, -0.05) is 12.6 Å². The first-order chi connectivity index (χ1) is 9.10. The number of hydrogen-bond donors (Lipinski definition) is 3. The molecule has 0 aromatic heterocycles. The van der Waals surface area contributed by atoms with Gasteiger partial charge in [0.2, 0.25) is 5.91 Å². The molecule has 1 amide bonds. The van der Waals surface area contributed by atoms with E-state index in [2.05, 4.69) is 21.9 Å². The molecule has 0 aliphatic heterocycles. The van der Waals surface area contributed by atoms with Gasteiger partial charge in [0, 0.05) is 0 Å². The van der Waals surface area contributed by atoms with Crippen LogP contribution in [0.4, 0.5) is 11.4 Å². The monoisotopic (exact) mass is 260 g/mol. The third-order valence-corrected chi connectivity index (χ3v) is 2.23. The predicted molar refractivity (Wildman–Crippen MR) is 76.6 cm³/mol.